The molecule has 6 nitrogen and oxygen atoms in total. The summed E-state index contributed by atoms with van der Waals surface area (Å²) in [5, 5.41) is 14.4. The Hall–Kier alpha value is -1.48. The SMILES string of the molecule is COc1ccc(-c2sc(NC(C)C3CCCCC3)nc2C)cc1S(=O)NC1CCC(O)CC1. The number of anilines is 1. The van der Waals surface area contributed by atoms with Gasteiger partial charge in [0.1, 0.15) is 16.7 Å². The lowest BCUT2D eigenvalue weighted by Crippen LogP contribution is -2.35. The Morgan fingerprint density at radius 1 is 1.15 bits per heavy atom. The van der Waals surface area contributed by atoms with Gasteiger partial charge in [-0.3, -0.25) is 0 Å². The number of nitrogens with one attached hydrogen (secondary N) is 2. The second-order valence-electron chi connectivity index (χ2n) is 9.52. The van der Waals surface area contributed by atoms with Gasteiger partial charge < -0.3 is 15.2 Å². The fourth-order valence-corrected chi connectivity index (χ4v) is 7.34. The van der Waals surface area contributed by atoms with E-state index in [1.807, 2.05) is 25.1 Å². The molecule has 0 saturated heterocycles. The van der Waals surface area contributed by atoms with Crippen molar-refractivity contribution < 1.29 is 14.1 Å². The van der Waals surface area contributed by atoms with Gasteiger partial charge in [0.15, 0.2) is 5.13 Å². The van der Waals surface area contributed by atoms with Crippen molar-refractivity contribution in [3.05, 3.63) is 23.9 Å². The lowest BCUT2D eigenvalue weighted by Gasteiger charge is -2.28. The summed E-state index contributed by atoms with van der Waals surface area (Å²) < 4.78 is 22.0. The number of aliphatic hydroxyl groups excluding tert-OH is 1. The van der Waals surface area contributed by atoms with Gasteiger partial charge in [-0.2, -0.15) is 0 Å². The molecule has 2 aliphatic carbocycles. The molecule has 0 amide bonds. The summed E-state index contributed by atoms with van der Waals surface area (Å²) in [5.74, 6) is 1.33. The van der Waals surface area contributed by atoms with E-state index in [1.54, 1.807) is 18.4 Å². The van der Waals surface area contributed by atoms with E-state index in [1.165, 1.54) is 32.1 Å². The number of thiazole rings is 1. The molecule has 0 radical (unpaired) electrons. The maximum absolute atomic E-state index is 13.2. The van der Waals surface area contributed by atoms with Gasteiger partial charge >= 0.3 is 0 Å². The molecule has 1 aromatic heterocycles. The van der Waals surface area contributed by atoms with E-state index in [0.717, 1.165) is 46.9 Å². The van der Waals surface area contributed by atoms with Gasteiger partial charge in [0.2, 0.25) is 0 Å². The predicted molar refractivity (Wildman–Crippen MR) is 136 cm³/mol. The summed E-state index contributed by atoms with van der Waals surface area (Å²) in [6.45, 7) is 4.31. The van der Waals surface area contributed by atoms with Gasteiger partial charge in [-0.25, -0.2) is 13.9 Å². The van der Waals surface area contributed by atoms with Gasteiger partial charge in [-0.05, 0) is 82.1 Å². The first kappa shape index (κ1) is 24.6. The molecule has 4 rings (SSSR count). The molecular formula is C25H37N3O3S2. The lowest BCUT2D eigenvalue weighted by molar-refractivity contribution is 0.121. The van der Waals surface area contributed by atoms with E-state index >= 15 is 0 Å². The van der Waals surface area contributed by atoms with Crippen LogP contribution in [0.15, 0.2) is 23.1 Å². The first-order chi connectivity index (χ1) is 15.9. The van der Waals surface area contributed by atoms with Crippen molar-refractivity contribution >= 4 is 27.5 Å². The molecule has 0 spiro atoms. The van der Waals surface area contributed by atoms with Crippen LogP contribution in [0, 0.1) is 12.8 Å². The molecule has 0 aliphatic heterocycles. The Balaban J connectivity index is 1.50. The number of aliphatic hydroxyl groups is 1. The van der Waals surface area contributed by atoms with Crippen LogP contribution in [-0.4, -0.2) is 39.6 Å². The van der Waals surface area contributed by atoms with Crippen LogP contribution in [0.5, 0.6) is 5.75 Å². The van der Waals surface area contributed by atoms with Gasteiger partial charge in [0.25, 0.3) is 0 Å². The Morgan fingerprint density at radius 2 is 1.88 bits per heavy atom. The molecule has 1 aromatic carbocycles. The molecule has 0 bridgehead atoms. The Kier molecular flexibility index (Phi) is 8.43. The number of aryl methyl sites for hydroxylation is 1. The standard InChI is InChI=1S/C25H37N3O3S2/c1-16(18-7-5-4-6-8-18)26-25-27-17(2)24(32-25)19-9-14-22(31-3)23(15-19)33(30)28-20-10-12-21(29)13-11-20/h9,14-16,18,20-21,28-29H,4-8,10-13H2,1-3H3,(H,26,27). The number of hydrogen-bond acceptors (Lipinski definition) is 6. The van der Waals surface area contributed by atoms with Crippen LogP contribution in [0.3, 0.4) is 0 Å². The summed E-state index contributed by atoms with van der Waals surface area (Å²) in [6, 6.07) is 6.44. The fourth-order valence-electron chi connectivity index (χ4n) is 5.04. The molecule has 2 saturated carbocycles. The van der Waals surface area contributed by atoms with E-state index in [0.29, 0.717) is 22.6 Å². The highest BCUT2D eigenvalue weighted by Crippen LogP contribution is 2.37. The summed E-state index contributed by atoms with van der Waals surface area (Å²) in [7, 11) is 0.222. The topological polar surface area (TPSA) is 83.5 Å². The highest BCUT2D eigenvalue weighted by atomic mass is 32.2. The van der Waals surface area contributed by atoms with Crippen LogP contribution in [-0.2, 0) is 11.0 Å². The van der Waals surface area contributed by atoms with Crippen molar-refractivity contribution in [3.63, 3.8) is 0 Å². The third-order valence-corrected chi connectivity index (χ3v) is 9.50. The third-order valence-electron chi connectivity index (χ3n) is 7.10. The minimum atomic E-state index is -1.39. The zero-order chi connectivity index (χ0) is 23.4. The number of hydrogen-bond donors (Lipinski definition) is 3. The number of rotatable bonds is 8. The number of methoxy groups -OCH3 is 1. The quantitative estimate of drug-likeness (QED) is 0.459. The van der Waals surface area contributed by atoms with E-state index in [-0.39, 0.29) is 12.1 Å². The number of ether oxygens (including phenoxy) is 1. The van der Waals surface area contributed by atoms with Crippen LogP contribution in [0.4, 0.5) is 5.13 Å². The maximum atomic E-state index is 13.2. The first-order valence-electron chi connectivity index (χ1n) is 12.2. The summed E-state index contributed by atoms with van der Waals surface area (Å²) in [4.78, 5) is 6.55. The lowest BCUT2D eigenvalue weighted by atomic mass is 9.85. The van der Waals surface area contributed by atoms with E-state index < -0.39 is 11.0 Å². The number of nitrogens with zero attached hydrogens (tertiary/aromatic N) is 1. The molecule has 182 valence electrons. The Morgan fingerprint density at radius 3 is 2.58 bits per heavy atom. The van der Waals surface area contributed by atoms with Gasteiger partial charge in [0.05, 0.1) is 28.7 Å². The van der Waals surface area contributed by atoms with Crippen molar-refractivity contribution in [3.8, 4) is 16.2 Å². The minimum absolute atomic E-state index is 0.143. The van der Waals surface area contributed by atoms with Gasteiger partial charge in [-0.1, -0.05) is 30.6 Å². The average Bonchev–Trinajstić information content (AvgIpc) is 3.20. The molecule has 2 atom stereocenters. The molecule has 8 heteroatoms. The van der Waals surface area contributed by atoms with Crippen LogP contribution in [0.1, 0.15) is 70.4 Å². The van der Waals surface area contributed by atoms with Gasteiger partial charge in [0, 0.05) is 12.1 Å². The summed E-state index contributed by atoms with van der Waals surface area (Å²) >= 11 is 1.66. The van der Waals surface area contributed by atoms with Crippen molar-refractivity contribution in [2.45, 2.75) is 94.7 Å². The van der Waals surface area contributed by atoms with Crippen LogP contribution >= 0.6 is 11.3 Å². The van der Waals surface area contributed by atoms with E-state index in [4.69, 9.17) is 9.72 Å². The van der Waals surface area contributed by atoms with E-state index in [2.05, 4.69) is 17.0 Å². The summed E-state index contributed by atoms with van der Waals surface area (Å²) in [5.41, 5.74) is 1.99. The van der Waals surface area contributed by atoms with Crippen LogP contribution in [0.2, 0.25) is 0 Å². The van der Waals surface area contributed by atoms with Crippen LogP contribution in [0.25, 0.3) is 10.4 Å². The average molecular weight is 492 g/mol. The minimum Gasteiger partial charge on any atom is -0.495 e. The largest absolute Gasteiger partial charge is 0.495 e. The molecule has 2 unspecified atom stereocenters. The zero-order valence-electron chi connectivity index (χ0n) is 19.9. The van der Waals surface area contributed by atoms with Crippen molar-refractivity contribution in [1.82, 2.24) is 9.71 Å². The molecule has 33 heavy (non-hydrogen) atoms. The molecule has 3 N–H and O–H groups in total. The molecule has 2 fully saturated rings. The zero-order valence-corrected chi connectivity index (χ0v) is 21.6. The maximum Gasteiger partial charge on any atom is 0.183 e. The Labute approximate surface area is 204 Å². The van der Waals surface area contributed by atoms with Crippen molar-refractivity contribution in [1.29, 1.82) is 0 Å². The third kappa shape index (κ3) is 6.15. The molecule has 2 aromatic rings. The number of benzene rings is 1. The number of aromatic nitrogens is 1. The highest BCUT2D eigenvalue weighted by Gasteiger charge is 2.24. The molecule has 1 heterocycles. The summed E-state index contributed by atoms with van der Waals surface area (Å²) in [6.07, 6.45) is 9.56. The second-order valence-corrected chi connectivity index (χ2v) is 11.7. The van der Waals surface area contributed by atoms with Gasteiger partial charge in [-0.15, -0.1) is 0 Å². The molecule has 2 aliphatic rings. The Bertz CT molecular complexity index is 950. The monoisotopic (exact) mass is 491 g/mol. The van der Waals surface area contributed by atoms with Crippen molar-refractivity contribution in [2.24, 2.45) is 5.92 Å². The first-order valence-corrected chi connectivity index (χ1v) is 14.2. The highest BCUT2D eigenvalue weighted by molar-refractivity contribution is 7.83. The van der Waals surface area contributed by atoms with Crippen molar-refractivity contribution in [2.75, 3.05) is 12.4 Å². The normalized spacial score (nSPS) is 23.8. The fraction of sp³-hybridized carbons (Fsp3) is 0.640. The van der Waals surface area contributed by atoms with Crippen LogP contribution < -0.4 is 14.8 Å². The predicted octanol–water partition coefficient (Wildman–Crippen LogP) is 5.42. The van der Waals surface area contributed by atoms with E-state index in [9.17, 15) is 9.32 Å². The molecular weight excluding hydrogens is 454 g/mol. The second kappa shape index (κ2) is 11.3. The smallest absolute Gasteiger partial charge is 0.183 e.